The molecule has 27 heavy (non-hydrogen) atoms. The third-order valence-corrected chi connectivity index (χ3v) is 4.59. The number of carbonyl (C=O) groups is 3. The van der Waals surface area contributed by atoms with E-state index in [4.69, 9.17) is 9.52 Å². The molecule has 0 aliphatic carbocycles. The van der Waals surface area contributed by atoms with Crippen molar-refractivity contribution in [1.82, 2.24) is 4.90 Å². The first kappa shape index (κ1) is 18.4. The Bertz CT molecular complexity index is 962. The van der Waals surface area contributed by atoms with E-state index in [-0.39, 0.29) is 23.6 Å². The Kier molecular flexibility index (Phi) is 5.08. The lowest BCUT2D eigenvalue weighted by atomic mass is 10.1. The molecule has 3 rings (SSSR count). The first-order valence-electron chi connectivity index (χ1n) is 7.67. The van der Waals surface area contributed by atoms with Crippen LogP contribution in [0.2, 0.25) is 0 Å². The molecule has 0 spiro atoms. The van der Waals surface area contributed by atoms with Crippen LogP contribution in [0.15, 0.2) is 45.7 Å². The number of carbonyl (C=O) groups excluding carboxylic acids is 2. The Morgan fingerprint density at radius 2 is 1.93 bits per heavy atom. The van der Waals surface area contributed by atoms with Crippen LogP contribution in [0, 0.1) is 10.1 Å². The van der Waals surface area contributed by atoms with Crippen LogP contribution in [0.5, 0.6) is 0 Å². The predicted octanol–water partition coefficient (Wildman–Crippen LogP) is 3.37. The maximum absolute atomic E-state index is 12.2. The van der Waals surface area contributed by atoms with E-state index in [1.165, 1.54) is 18.2 Å². The van der Waals surface area contributed by atoms with Gasteiger partial charge >= 0.3 is 5.97 Å². The molecule has 1 N–H and O–H groups in total. The van der Waals surface area contributed by atoms with Gasteiger partial charge in [0.15, 0.2) is 0 Å². The number of hydrogen-bond acceptors (Lipinski definition) is 7. The predicted molar refractivity (Wildman–Crippen MR) is 95.7 cm³/mol. The molecular formula is C17H12N2O7S. The molecule has 1 saturated heterocycles. The monoisotopic (exact) mass is 388 g/mol. The average molecular weight is 388 g/mol. The van der Waals surface area contributed by atoms with E-state index in [1.54, 1.807) is 24.3 Å². The minimum Gasteiger partial charge on any atom is -0.481 e. The van der Waals surface area contributed by atoms with Crippen molar-refractivity contribution in [2.75, 3.05) is 6.54 Å². The number of non-ortho nitro benzene ring substituents is 1. The number of furan rings is 1. The van der Waals surface area contributed by atoms with E-state index in [0.29, 0.717) is 28.8 Å². The highest BCUT2D eigenvalue weighted by molar-refractivity contribution is 8.18. The summed E-state index contributed by atoms with van der Waals surface area (Å²) in [4.78, 5) is 45.9. The zero-order chi connectivity index (χ0) is 19.6. The van der Waals surface area contributed by atoms with Crippen LogP contribution in [-0.4, -0.2) is 38.6 Å². The number of nitrogens with zero attached hydrogens (tertiary/aromatic N) is 2. The molecule has 2 amide bonds. The molecule has 0 saturated carbocycles. The highest BCUT2D eigenvalue weighted by Gasteiger charge is 2.35. The van der Waals surface area contributed by atoms with Gasteiger partial charge in [-0.2, -0.15) is 0 Å². The fourth-order valence-electron chi connectivity index (χ4n) is 2.36. The summed E-state index contributed by atoms with van der Waals surface area (Å²) in [5.41, 5.74) is 0.579. The van der Waals surface area contributed by atoms with Gasteiger partial charge < -0.3 is 9.52 Å². The third-order valence-electron chi connectivity index (χ3n) is 3.69. The molecule has 9 nitrogen and oxygen atoms in total. The fraction of sp³-hybridized carbons (Fsp3) is 0.118. The maximum Gasteiger partial charge on any atom is 0.305 e. The maximum atomic E-state index is 12.2. The van der Waals surface area contributed by atoms with Crippen LogP contribution in [-0.2, 0) is 9.59 Å². The summed E-state index contributed by atoms with van der Waals surface area (Å²) in [6.45, 7) is -0.191. The summed E-state index contributed by atoms with van der Waals surface area (Å²) < 4.78 is 5.61. The molecule has 2 aromatic rings. The molecule has 1 aromatic heterocycles. The summed E-state index contributed by atoms with van der Waals surface area (Å²) in [6.07, 6.45) is 1.08. The number of amides is 2. The molecule has 1 fully saturated rings. The van der Waals surface area contributed by atoms with E-state index in [2.05, 4.69) is 0 Å². The van der Waals surface area contributed by atoms with Crippen LogP contribution < -0.4 is 0 Å². The molecule has 0 unspecified atom stereocenters. The van der Waals surface area contributed by atoms with Gasteiger partial charge in [-0.1, -0.05) is 0 Å². The molecule has 0 atom stereocenters. The van der Waals surface area contributed by atoms with Gasteiger partial charge in [0, 0.05) is 30.3 Å². The molecule has 138 valence electrons. The first-order chi connectivity index (χ1) is 12.8. The molecule has 2 heterocycles. The average Bonchev–Trinajstić information content (AvgIpc) is 3.19. The number of carboxylic acid groups (broad SMARTS) is 1. The number of hydrogen-bond donors (Lipinski definition) is 1. The second-order valence-electron chi connectivity index (χ2n) is 5.48. The van der Waals surface area contributed by atoms with Gasteiger partial charge in [-0.3, -0.25) is 29.4 Å². The Balaban J connectivity index is 1.76. The van der Waals surface area contributed by atoms with Crippen molar-refractivity contribution in [3.63, 3.8) is 0 Å². The molecule has 0 bridgehead atoms. The number of thioether (sulfide) groups is 1. The summed E-state index contributed by atoms with van der Waals surface area (Å²) in [5, 5.41) is 18.8. The van der Waals surface area contributed by atoms with Crippen LogP contribution in [0.1, 0.15) is 12.2 Å². The summed E-state index contributed by atoms with van der Waals surface area (Å²) in [7, 11) is 0. The van der Waals surface area contributed by atoms with Crippen LogP contribution in [0.3, 0.4) is 0 Å². The van der Waals surface area contributed by atoms with Gasteiger partial charge in [-0.05, 0) is 36.0 Å². The van der Waals surface area contributed by atoms with E-state index in [1.807, 2.05) is 0 Å². The van der Waals surface area contributed by atoms with E-state index < -0.39 is 22.0 Å². The Labute approximate surface area is 156 Å². The number of aliphatic carboxylic acids is 1. The lowest BCUT2D eigenvalue weighted by Crippen LogP contribution is -2.30. The van der Waals surface area contributed by atoms with Crippen LogP contribution in [0.25, 0.3) is 17.4 Å². The van der Waals surface area contributed by atoms with Gasteiger partial charge in [-0.25, -0.2) is 0 Å². The van der Waals surface area contributed by atoms with Crippen molar-refractivity contribution in [2.45, 2.75) is 6.42 Å². The fourth-order valence-corrected chi connectivity index (χ4v) is 3.21. The number of benzene rings is 1. The van der Waals surface area contributed by atoms with Crippen LogP contribution in [0.4, 0.5) is 10.5 Å². The minimum atomic E-state index is -1.10. The second kappa shape index (κ2) is 7.46. The molecule has 10 heteroatoms. The van der Waals surface area contributed by atoms with Gasteiger partial charge in [0.1, 0.15) is 11.5 Å². The topological polar surface area (TPSA) is 131 Å². The SMILES string of the molecule is O=C(O)CCN1C(=O)S/C(=C\c2ccc(-c3ccc([N+](=O)[O-])cc3)o2)C1=O. The van der Waals surface area contributed by atoms with Gasteiger partial charge in [0.2, 0.25) is 0 Å². The van der Waals surface area contributed by atoms with Gasteiger partial charge in [0.25, 0.3) is 16.8 Å². The van der Waals surface area contributed by atoms with E-state index >= 15 is 0 Å². The van der Waals surface area contributed by atoms with Gasteiger partial charge in [-0.15, -0.1) is 0 Å². The highest BCUT2D eigenvalue weighted by Crippen LogP contribution is 2.33. The zero-order valence-electron chi connectivity index (χ0n) is 13.7. The summed E-state index contributed by atoms with van der Waals surface area (Å²) in [5.74, 6) is -0.898. The van der Waals surface area contributed by atoms with Crippen molar-refractivity contribution in [3.05, 3.63) is 57.2 Å². The smallest absolute Gasteiger partial charge is 0.305 e. The third kappa shape index (κ3) is 4.06. The largest absolute Gasteiger partial charge is 0.481 e. The molecule has 0 radical (unpaired) electrons. The molecule has 1 aliphatic heterocycles. The Morgan fingerprint density at radius 1 is 1.22 bits per heavy atom. The minimum absolute atomic E-state index is 0.0411. The molecular weight excluding hydrogens is 376 g/mol. The second-order valence-corrected chi connectivity index (χ2v) is 6.48. The van der Waals surface area contributed by atoms with Crippen molar-refractivity contribution >= 4 is 40.6 Å². The quantitative estimate of drug-likeness (QED) is 0.453. The number of nitro groups is 1. The van der Waals surface area contributed by atoms with Crippen molar-refractivity contribution < 1.29 is 28.8 Å². The molecule has 1 aliphatic rings. The first-order valence-corrected chi connectivity index (χ1v) is 8.48. The Morgan fingerprint density at radius 3 is 2.56 bits per heavy atom. The van der Waals surface area contributed by atoms with Crippen molar-refractivity contribution in [2.24, 2.45) is 0 Å². The molecule has 1 aromatic carbocycles. The number of imide groups is 1. The Hall–Kier alpha value is -3.40. The summed E-state index contributed by atoms with van der Waals surface area (Å²) >= 11 is 0.709. The van der Waals surface area contributed by atoms with E-state index in [9.17, 15) is 24.5 Å². The standard InChI is InChI=1S/C17H12N2O7S/c20-15(21)7-8-18-16(22)14(27-17(18)23)9-12-5-6-13(26-12)10-1-3-11(4-2-10)19(24)25/h1-6,9H,7-8H2,(H,20,21)/b14-9-. The summed E-state index contributed by atoms with van der Waals surface area (Å²) in [6, 6.07) is 9.03. The highest BCUT2D eigenvalue weighted by atomic mass is 32.2. The number of nitro benzene ring substituents is 1. The van der Waals surface area contributed by atoms with Gasteiger partial charge in [0.05, 0.1) is 16.2 Å². The number of rotatable bonds is 6. The van der Waals surface area contributed by atoms with E-state index in [0.717, 1.165) is 4.90 Å². The number of carboxylic acids is 1. The lowest BCUT2D eigenvalue weighted by Gasteiger charge is -2.09. The van der Waals surface area contributed by atoms with Crippen LogP contribution >= 0.6 is 11.8 Å². The van der Waals surface area contributed by atoms with Crippen molar-refractivity contribution in [3.8, 4) is 11.3 Å². The lowest BCUT2D eigenvalue weighted by molar-refractivity contribution is -0.384. The normalized spacial score (nSPS) is 15.6. The zero-order valence-corrected chi connectivity index (χ0v) is 14.5. The van der Waals surface area contributed by atoms with Crippen molar-refractivity contribution in [1.29, 1.82) is 0 Å².